The van der Waals surface area contributed by atoms with Gasteiger partial charge in [-0.15, -0.1) is 0 Å². The van der Waals surface area contributed by atoms with Gasteiger partial charge < -0.3 is 28.7 Å². The second kappa shape index (κ2) is 8.52. The second-order valence-corrected chi connectivity index (χ2v) is 7.27. The molecule has 0 saturated carbocycles. The number of ether oxygens (including phenoxy) is 1. The van der Waals surface area contributed by atoms with Crippen molar-refractivity contribution in [1.29, 1.82) is 0 Å². The van der Waals surface area contributed by atoms with Gasteiger partial charge in [-0.25, -0.2) is 4.79 Å². The minimum Gasteiger partial charge on any atom is -0.383 e. The van der Waals surface area contributed by atoms with Crippen LogP contribution in [0.4, 0.5) is 10.6 Å². The van der Waals surface area contributed by atoms with Gasteiger partial charge in [-0.05, 0) is 24.3 Å². The van der Waals surface area contributed by atoms with Crippen LogP contribution in [-0.4, -0.2) is 98.6 Å². The van der Waals surface area contributed by atoms with Crippen LogP contribution in [0.1, 0.15) is 10.4 Å². The summed E-state index contributed by atoms with van der Waals surface area (Å²) in [4.78, 5) is 32.2. The zero-order valence-corrected chi connectivity index (χ0v) is 17.1. The number of carbonyl (C=O) groups excluding carboxylic acids is 2. The number of carbonyl (C=O) groups is 2. The number of fused-ring (bicyclic) bond motifs is 1. The van der Waals surface area contributed by atoms with Crippen LogP contribution in [0.25, 0.3) is 5.52 Å². The number of anilines is 1. The van der Waals surface area contributed by atoms with E-state index in [0.29, 0.717) is 31.8 Å². The summed E-state index contributed by atoms with van der Waals surface area (Å²) in [6.07, 6.45) is 1.90. The van der Waals surface area contributed by atoms with Crippen molar-refractivity contribution in [3.8, 4) is 0 Å². The summed E-state index contributed by atoms with van der Waals surface area (Å²) >= 11 is 0. The fourth-order valence-electron chi connectivity index (χ4n) is 3.43. The van der Waals surface area contributed by atoms with Crippen molar-refractivity contribution in [2.24, 2.45) is 0 Å². The van der Waals surface area contributed by atoms with Crippen molar-refractivity contribution >= 4 is 23.3 Å². The average molecular weight is 387 g/mol. The number of rotatable bonds is 5. The predicted octanol–water partition coefficient (Wildman–Crippen LogP) is 1.46. The highest BCUT2D eigenvalue weighted by Crippen LogP contribution is 2.22. The molecule has 0 aliphatic carbocycles. The van der Waals surface area contributed by atoms with Crippen molar-refractivity contribution in [3.63, 3.8) is 0 Å². The molecule has 28 heavy (non-hydrogen) atoms. The van der Waals surface area contributed by atoms with Gasteiger partial charge in [0.25, 0.3) is 5.91 Å². The van der Waals surface area contributed by atoms with Crippen LogP contribution in [0.2, 0.25) is 0 Å². The van der Waals surface area contributed by atoms with Gasteiger partial charge in [-0.2, -0.15) is 0 Å². The standard InChI is InChI=1S/C20H29N5O3/c1-21(2)20(27)24-11-9-23(10-12-24)18-8-7-17-6-5-16(15-25(17)18)19(26)22(3)13-14-28-4/h5-8,15H,9-14H2,1-4H3. The molecular formula is C20H29N5O3. The van der Waals surface area contributed by atoms with E-state index < -0.39 is 0 Å². The lowest BCUT2D eigenvalue weighted by atomic mass is 10.2. The molecule has 3 amide bonds. The van der Waals surface area contributed by atoms with Crippen LogP contribution in [0.15, 0.2) is 30.5 Å². The topological polar surface area (TPSA) is 60.7 Å². The average Bonchev–Trinajstić information content (AvgIpc) is 3.14. The first kappa shape index (κ1) is 20.0. The minimum atomic E-state index is -0.0278. The van der Waals surface area contributed by atoms with Gasteiger partial charge in [0, 0.05) is 72.7 Å². The molecule has 2 aromatic rings. The summed E-state index contributed by atoms with van der Waals surface area (Å²) in [7, 11) is 6.96. The zero-order chi connectivity index (χ0) is 20.3. The SMILES string of the molecule is COCCN(C)C(=O)c1ccc2ccc(N3CCN(C(=O)N(C)C)CC3)n2c1. The van der Waals surface area contributed by atoms with E-state index >= 15 is 0 Å². The third-order valence-electron chi connectivity index (χ3n) is 5.11. The van der Waals surface area contributed by atoms with Crippen molar-refractivity contribution in [2.75, 3.05) is 72.5 Å². The van der Waals surface area contributed by atoms with Gasteiger partial charge in [0.2, 0.25) is 0 Å². The second-order valence-electron chi connectivity index (χ2n) is 7.27. The summed E-state index contributed by atoms with van der Waals surface area (Å²) in [6.45, 7) is 3.95. The number of amides is 3. The maximum atomic E-state index is 12.7. The Bertz CT molecular complexity index is 839. The normalized spacial score (nSPS) is 14.4. The summed E-state index contributed by atoms with van der Waals surface area (Å²) < 4.78 is 7.11. The van der Waals surface area contributed by atoms with Crippen LogP contribution in [0.5, 0.6) is 0 Å². The van der Waals surface area contributed by atoms with E-state index in [2.05, 4.69) is 21.4 Å². The summed E-state index contributed by atoms with van der Waals surface area (Å²) in [6, 6.07) is 7.99. The van der Waals surface area contributed by atoms with Gasteiger partial charge in [0.05, 0.1) is 12.2 Å². The summed E-state index contributed by atoms with van der Waals surface area (Å²) in [5, 5.41) is 0. The van der Waals surface area contributed by atoms with Crippen molar-refractivity contribution in [1.82, 2.24) is 19.1 Å². The van der Waals surface area contributed by atoms with E-state index in [-0.39, 0.29) is 11.9 Å². The van der Waals surface area contributed by atoms with Crippen molar-refractivity contribution in [3.05, 3.63) is 36.0 Å². The summed E-state index contributed by atoms with van der Waals surface area (Å²) in [5.41, 5.74) is 1.68. The molecule has 0 bridgehead atoms. The van der Waals surface area contributed by atoms with Gasteiger partial charge in [-0.1, -0.05) is 0 Å². The van der Waals surface area contributed by atoms with Crippen LogP contribution in [0.3, 0.4) is 0 Å². The highest BCUT2D eigenvalue weighted by Gasteiger charge is 2.24. The van der Waals surface area contributed by atoms with E-state index in [4.69, 9.17) is 4.74 Å². The molecule has 1 saturated heterocycles. The molecule has 0 unspecified atom stereocenters. The first-order valence-electron chi connectivity index (χ1n) is 9.49. The van der Waals surface area contributed by atoms with Crippen LogP contribution in [-0.2, 0) is 4.74 Å². The largest absolute Gasteiger partial charge is 0.383 e. The van der Waals surface area contributed by atoms with Gasteiger partial charge in [0.15, 0.2) is 0 Å². The van der Waals surface area contributed by atoms with Crippen molar-refractivity contribution in [2.45, 2.75) is 0 Å². The summed E-state index contributed by atoms with van der Waals surface area (Å²) in [5.74, 6) is 1.01. The molecule has 2 aromatic heterocycles. The quantitative estimate of drug-likeness (QED) is 0.779. The lowest BCUT2D eigenvalue weighted by molar-refractivity contribution is 0.0743. The minimum absolute atomic E-state index is 0.0278. The first-order chi connectivity index (χ1) is 13.4. The Morgan fingerprint density at radius 3 is 2.36 bits per heavy atom. The number of urea groups is 1. The van der Waals surface area contributed by atoms with E-state index in [1.807, 2.05) is 23.2 Å². The first-order valence-corrected chi connectivity index (χ1v) is 9.49. The number of hydrogen-bond donors (Lipinski definition) is 0. The predicted molar refractivity (Wildman–Crippen MR) is 109 cm³/mol. The molecule has 0 spiro atoms. The number of aromatic nitrogens is 1. The third-order valence-corrected chi connectivity index (χ3v) is 5.11. The zero-order valence-electron chi connectivity index (χ0n) is 17.1. The maximum absolute atomic E-state index is 12.7. The van der Waals surface area contributed by atoms with Crippen LogP contribution in [0, 0.1) is 0 Å². The van der Waals surface area contributed by atoms with Crippen molar-refractivity contribution < 1.29 is 14.3 Å². The Kier molecular flexibility index (Phi) is 6.08. The molecule has 0 radical (unpaired) electrons. The molecule has 1 aliphatic heterocycles. The third kappa shape index (κ3) is 4.06. The van der Waals surface area contributed by atoms with Gasteiger partial charge >= 0.3 is 6.03 Å². The molecule has 1 aliphatic rings. The number of likely N-dealkylation sites (N-methyl/N-ethyl adjacent to an activating group) is 1. The molecular weight excluding hydrogens is 358 g/mol. The number of hydrogen-bond acceptors (Lipinski definition) is 4. The fraction of sp³-hybridized carbons (Fsp3) is 0.500. The van der Waals surface area contributed by atoms with E-state index in [0.717, 1.165) is 24.4 Å². The lowest BCUT2D eigenvalue weighted by Gasteiger charge is -2.36. The van der Waals surface area contributed by atoms with Crippen LogP contribution < -0.4 is 4.90 Å². The number of pyridine rings is 1. The van der Waals surface area contributed by atoms with E-state index in [1.165, 1.54) is 0 Å². The lowest BCUT2D eigenvalue weighted by Crippen LogP contribution is -2.51. The highest BCUT2D eigenvalue weighted by atomic mass is 16.5. The Morgan fingerprint density at radius 1 is 1.04 bits per heavy atom. The molecule has 8 nitrogen and oxygen atoms in total. The van der Waals surface area contributed by atoms with E-state index in [1.54, 1.807) is 38.1 Å². The molecule has 1 fully saturated rings. The van der Waals surface area contributed by atoms with Gasteiger partial charge in [-0.3, -0.25) is 4.79 Å². The Labute approximate surface area is 165 Å². The molecule has 152 valence electrons. The molecule has 0 aromatic carbocycles. The van der Waals surface area contributed by atoms with Crippen LogP contribution >= 0.6 is 0 Å². The number of methoxy groups -OCH3 is 1. The molecule has 3 heterocycles. The number of piperazine rings is 1. The fourth-order valence-corrected chi connectivity index (χ4v) is 3.43. The molecule has 8 heteroatoms. The maximum Gasteiger partial charge on any atom is 0.319 e. The Morgan fingerprint density at radius 2 is 1.71 bits per heavy atom. The van der Waals surface area contributed by atoms with Gasteiger partial charge in [0.1, 0.15) is 5.82 Å². The highest BCUT2D eigenvalue weighted by molar-refractivity contribution is 5.94. The smallest absolute Gasteiger partial charge is 0.319 e. The molecule has 3 rings (SSSR count). The van der Waals surface area contributed by atoms with E-state index in [9.17, 15) is 9.59 Å². The number of nitrogens with zero attached hydrogens (tertiary/aromatic N) is 5. The monoisotopic (exact) mass is 387 g/mol. The molecule has 0 N–H and O–H groups in total. The Hall–Kier alpha value is -2.74. The Balaban J connectivity index is 1.76. The molecule has 0 atom stereocenters.